The minimum Gasteiger partial charge on any atom is -0.467 e. The van der Waals surface area contributed by atoms with Gasteiger partial charge in [-0.05, 0) is 24.6 Å². The molecular weight excluding hydrogens is 463 g/mol. The second-order valence-corrected chi connectivity index (χ2v) is 8.20. The van der Waals surface area contributed by atoms with Crippen molar-refractivity contribution in [2.45, 2.75) is 31.6 Å². The zero-order valence-electron chi connectivity index (χ0n) is 19.1. The summed E-state index contributed by atoms with van der Waals surface area (Å²) in [6, 6.07) is 4.16. The van der Waals surface area contributed by atoms with Crippen molar-refractivity contribution >= 4 is 17.5 Å². The maximum absolute atomic E-state index is 13.6. The predicted octanol–water partition coefficient (Wildman–Crippen LogP) is 2.58. The molecule has 9 nitrogen and oxygen atoms in total. The molecule has 184 valence electrons. The number of carbonyl (C=O) groups excluding carboxylic acids is 1. The number of alkyl halides is 3. The van der Waals surface area contributed by atoms with Crippen molar-refractivity contribution in [1.82, 2.24) is 19.9 Å². The molecule has 12 heteroatoms. The van der Waals surface area contributed by atoms with Crippen LogP contribution in [-0.2, 0) is 23.9 Å². The van der Waals surface area contributed by atoms with E-state index in [1.807, 2.05) is 4.90 Å². The number of carbonyl (C=O) groups is 1. The Hall–Kier alpha value is -3.88. The van der Waals surface area contributed by atoms with Gasteiger partial charge in [0.25, 0.3) is 0 Å². The Kier molecular flexibility index (Phi) is 6.77. The normalized spacial score (nSPS) is 18.0. The van der Waals surface area contributed by atoms with Crippen LogP contribution in [-0.4, -0.2) is 65.1 Å². The highest BCUT2D eigenvalue weighted by Crippen LogP contribution is 2.38. The SMILES string of the molecule is C=CC(=O)N1CCN(c2nc(OC)nc3c2CCN(c2ncccc2C(F)(F)F)C3)CC1CC#N. The van der Waals surface area contributed by atoms with Crippen molar-refractivity contribution in [3.63, 3.8) is 0 Å². The molecule has 0 saturated carbocycles. The van der Waals surface area contributed by atoms with Gasteiger partial charge in [-0.1, -0.05) is 6.58 Å². The second-order valence-electron chi connectivity index (χ2n) is 8.20. The lowest BCUT2D eigenvalue weighted by Crippen LogP contribution is -2.55. The molecule has 1 atom stereocenters. The maximum Gasteiger partial charge on any atom is 0.419 e. The topological polar surface area (TPSA) is 98.5 Å². The van der Waals surface area contributed by atoms with Gasteiger partial charge in [-0.3, -0.25) is 4.79 Å². The molecular formula is C23H24F3N7O2. The molecule has 1 unspecified atom stereocenters. The molecule has 1 fully saturated rings. The molecule has 2 aliphatic heterocycles. The van der Waals surface area contributed by atoms with Crippen LogP contribution in [0.4, 0.5) is 24.8 Å². The first-order chi connectivity index (χ1) is 16.8. The molecule has 35 heavy (non-hydrogen) atoms. The highest BCUT2D eigenvalue weighted by molar-refractivity contribution is 5.87. The van der Waals surface area contributed by atoms with Crippen LogP contribution in [0.3, 0.4) is 0 Å². The summed E-state index contributed by atoms with van der Waals surface area (Å²) in [5.41, 5.74) is 0.566. The van der Waals surface area contributed by atoms with Crippen molar-refractivity contribution in [3.8, 4) is 12.1 Å². The number of anilines is 2. The highest BCUT2D eigenvalue weighted by Gasteiger charge is 2.37. The van der Waals surface area contributed by atoms with E-state index in [2.05, 4.69) is 27.6 Å². The van der Waals surface area contributed by atoms with E-state index in [0.29, 0.717) is 44.1 Å². The van der Waals surface area contributed by atoms with Gasteiger partial charge in [0.05, 0.1) is 43.4 Å². The molecule has 2 aromatic heterocycles. The molecule has 1 saturated heterocycles. The Labute approximate surface area is 200 Å². The number of methoxy groups -OCH3 is 1. The predicted molar refractivity (Wildman–Crippen MR) is 121 cm³/mol. The number of amides is 1. The maximum atomic E-state index is 13.6. The molecule has 2 aliphatic rings. The fraction of sp³-hybridized carbons (Fsp3) is 0.435. The quantitative estimate of drug-likeness (QED) is 0.594. The third-order valence-corrected chi connectivity index (χ3v) is 6.16. The third-order valence-electron chi connectivity index (χ3n) is 6.16. The molecule has 4 rings (SSSR count). The van der Waals surface area contributed by atoms with Crippen molar-refractivity contribution in [2.75, 3.05) is 43.1 Å². The van der Waals surface area contributed by atoms with Gasteiger partial charge in [-0.2, -0.15) is 28.4 Å². The highest BCUT2D eigenvalue weighted by atomic mass is 19.4. The first-order valence-corrected chi connectivity index (χ1v) is 11.0. The van der Waals surface area contributed by atoms with Crippen molar-refractivity contribution in [2.24, 2.45) is 0 Å². The lowest BCUT2D eigenvalue weighted by molar-refractivity contribution is -0.137. The van der Waals surface area contributed by atoms with Crippen molar-refractivity contribution in [3.05, 3.63) is 47.8 Å². The fourth-order valence-electron chi connectivity index (χ4n) is 4.53. The number of ether oxygens (including phenoxy) is 1. The number of fused-ring (bicyclic) bond motifs is 1. The summed E-state index contributed by atoms with van der Waals surface area (Å²) in [5, 5.41) is 9.27. The largest absolute Gasteiger partial charge is 0.467 e. The number of pyridine rings is 1. The molecule has 1 amide bonds. The summed E-state index contributed by atoms with van der Waals surface area (Å²) in [6.45, 7) is 5.17. The first kappa shape index (κ1) is 24.3. The first-order valence-electron chi connectivity index (χ1n) is 11.0. The van der Waals surface area contributed by atoms with Crippen LogP contribution < -0.4 is 14.5 Å². The van der Waals surface area contributed by atoms with E-state index in [1.165, 1.54) is 25.4 Å². The molecule has 0 aliphatic carbocycles. The molecule has 0 radical (unpaired) electrons. The lowest BCUT2D eigenvalue weighted by atomic mass is 10.0. The van der Waals surface area contributed by atoms with E-state index in [4.69, 9.17) is 4.74 Å². The Bertz CT molecular complexity index is 1160. The molecule has 0 bridgehead atoms. The van der Waals surface area contributed by atoms with Gasteiger partial charge in [0.15, 0.2) is 0 Å². The van der Waals surface area contributed by atoms with Gasteiger partial charge in [-0.15, -0.1) is 0 Å². The second kappa shape index (κ2) is 9.77. The minimum atomic E-state index is -4.53. The average Bonchev–Trinajstić information content (AvgIpc) is 2.86. The van der Waals surface area contributed by atoms with Crippen LogP contribution in [0, 0.1) is 11.3 Å². The summed E-state index contributed by atoms with van der Waals surface area (Å²) >= 11 is 0. The van der Waals surface area contributed by atoms with E-state index in [0.717, 1.165) is 11.6 Å². The van der Waals surface area contributed by atoms with Crippen LogP contribution in [0.1, 0.15) is 23.2 Å². The number of rotatable bonds is 5. The van der Waals surface area contributed by atoms with Crippen molar-refractivity contribution < 1.29 is 22.7 Å². The zero-order valence-corrected chi connectivity index (χ0v) is 19.1. The average molecular weight is 487 g/mol. The van der Waals surface area contributed by atoms with E-state index in [9.17, 15) is 23.2 Å². The van der Waals surface area contributed by atoms with Crippen LogP contribution in [0.25, 0.3) is 0 Å². The summed E-state index contributed by atoms with van der Waals surface area (Å²) in [4.78, 5) is 30.4. The van der Waals surface area contributed by atoms with E-state index < -0.39 is 11.7 Å². The van der Waals surface area contributed by atoms with Crippen molar-refractivity contribution in [1.29, 1.82) is 5.26 Å². The molecule has 0 aromatic carbocycles. The van der Waals surface area contributed by atoms with Crippen LogP contribution in [0.2, 0.25) is 0 Å². The molecule has 0 spiro atoms. The number of aromatic nitrogens is 3. The number of nitrogens with zero attached hydrogens (tertiary/aromatic N) is 7. The molecule has 2 aromatic rings. The van der Waals surface area contributed by atoms with E-state index in [1.54, 1.807) is 9.80 Å². The summed E-state index contributed by atoms with van der Waals surface area (Å²) in [5.74, 6) is 0.228. The zero-order chi connectivity index (χ0) is 25.2. The minimum absolute atomic E-state index is 0.0964. The number of piperazine rings is 1. The van der Waals surface area contributed by atoms with Crippen LogP contribution in [0.5, 0.6) is 6.01 Å². The molecule has 0 N–H and O–H groups in total. The van der Waals surface area contributed by atoms with E-state index in [-0.39, 0.29) is 36.7 Å². The van der Waals surface area contributed by atoms with Gasteiger partial charge in [0.1, 0.15) is 11.6 Å². The Morgan fingerprint density at radius 3 is 2.77 bits per heavy atom. The lowest BCUT2D eigenvalue weighted by Gasteiger charge is -2.42. The molecule has 4 heterocycles. The van der Waals surface area contributed by atoms with Crippen LogP contribution in [0.15, 0.2) is 31.0 Å². The number of nitriles is 1. The summed E-state index contributed by atoms with van der Waals surface area (Å²) < 4.78 is 46.0. The Balaban J connectivity index is 1.66. The number of hydrogen-bond acceptors (Lipinski definition) is 8. The van der Waals surface area contributed by atoms with Gasteiger partial charge >= 0.3 is 12.2 Å². The Morgan fingerprint density at radius 1 is 1.29 bits per heavy atom. The number of halogens is 3. The third kappa shape index (κ3) is 4.84. The van der Waals surface area contributed by atoms with Crippen LogP contribution >= 0.6 is 0 Å². The number of hydrogen-bond donors (Lipinski definition) is 0. The monoisotopic (exact) mass is 487 g/mol. The van der Waals surface area contributed by atoms with Gasteiger partial charge in [0.2, 0.25) is 5.91 Å². The summed E-state index contributed by atoms with van der Waals surface area (Å²) in [6.07, 6.45) is -1.41. The smallest absolute Gasteiger partial charge is 0.419 e. The standard InChI is InChI=1S/C23H24F3N7O2/c1-3-19(34)33-12-11-32(13-15(33)6-8-27)20-16-7-10-31(14-18(16)29-22(30-20)35-2)21-17(23(24,25)26)5-4-9-28-21/h3-5,9,15H,1,6-7,10-14H2,2H3. The fourth-order valence-corrected chi connectivity index (χ4v) is 4.53. The summed E-state index contributed by atoms with van der Waals surface area (Å²) in [7, 11) is 1.42. The Morgan fingerprint density at radius 2 is 2.09 bits per heavy atom. The van der Waals surface area contributed by atoms with E-state index >= 15 is 0 Å². The van der Waals surface area contributed by atoms with Gasteiger partial charge in [-0.25, -0.2) is 4.98 Å². The van der Waals surface area contributed by atoms with Gasteiger partial charge in [0, 0.05) is 37.9 Å². The van der Waals surface area contributed by atoms with Gasteiger partial charge < -0.3 is 19.4 Å².